The quantitative estimate of drug-likeness (QED) is 0.320. The molecule has 0 heterocycles. The molecule has 0 aliphatic rings. The van der Waals surface area contributed by atoms with Gasteiger partial charge in [-0.15, -0.1) is 0 Å². The first-order valence-electron chi connectivity index (χ1n) is 10.3. The van der Waals surface area contributed by atoms with Gasteiger partial charge in [0.25, 0.3) is 0 Å². The number of carbonyl (C=O) groups is 1. The summed E-state index contributed by atoms with van der Waals surface area (Å²) in [6, 6.07) is 15.0. The summed E-state index contributed by atoms with van der Waals surface area (Å²) in [6.07, 6.45) is 7.76. The number of hydrogen-bond acceptors (Lipinski definition) is 4. The maximum absolute atomic E-state index is 12.2. The first-order valence-corrected chi connectivity index (χ1v) is 10.3. The van der Waals surface area contributed by atoms with Crippen LogP contribution >= 0.6 is 0 Å². The van der Waals surface area contributed by atoms with Crippen LogP contribution in [0.15, 0.2) is 61.2 Å². The van der Waals surface area contributed by atoms with Gasteiger partial charge in [-0.25, -0.2) is 0 Å². The van der Waals surface area contributed by atoms with Crippen LogP contribution in [0.1, 0.15) is 39.0 Å². The lowest BCUT2D eigenvalue weighted by Crippen LogP contribution is -2.21. The molecule has 0 aromatic heterocycles. The van der Waals surface area contributed by atoms with E-state index >= 15 is 0 Å². The third-order valence-electron chi connectivity index (χ3n) is 4.31. The summed E-state index contributed by atoms with van der Waals surface area (Å²) >= 11 is 0. The van der Waals surface area contributed by atoms with Crippen LogP contribution in [0, 0.1) is 0 Å². The van der Waals surface area contributed by atoms with E-state index in [2.05, 4.69) is 24.1 Å². The van der Waals surface area contributed by atoms with Gasteiger partial charge in [-0.1, -0.05) is 51.3 Å². The van der Waals surface area contributed by atoms with Crippen LogP contribution in [0.25, 0.3) is 0 Å². The zero-order valence-corrected chi connectivity index (χ0v) is 17.3. The van der Waals surface area contributed by atoms with Crippen LogP contribution in [0.4, 0.5) is 11.4 Å². The van der Waals surface area contributed by atoms with Crippen LogP contribution < -0.4 is 20.1 Å². The van der Waals surface area contributed by atoms with Crippen molar-refractivity contribution >= 4 is 17.3 Å². The zero-order valence-electron chi connectivity index (χ0n) is 17.3. The number of benzene rings is 2. The largest absolute Gasteiger partial charge is 0.494 e. The molecule has 0 aliphatic carbocycles. The van der Waals surface area contributed by atoms with Gasteiger partial charge in [-0.3, -0.25) is 4.79 Å². The van der Waals surface area contributed by atoms with Crippen molar-refractivity contribution in [1.29, 1.82) is 0 Å². The Morgan fingerprint density at radius 1 is 0.966 bits per heavy atom. The lowest BCUT2D eigenvalue weighted by molar-refractivity contribution is -0.114. The lowest BCUT2D eigenvalue weighted by atomic mass is 10.2. The Labute approximate surface area is 174 Å². The lowest BCUT2D eigenvalue weighted by Gasteiger charge is -2.11. The van der Waals surface area contributed by atoms with E-state index in [4.69, 9.17) is 9.47 Å². The minimum atomic E-state index is -0.119. The average molecular weight is 397 g/mol. The molecule has 0 atom stereocenters. The maximum Gasteiger partial charge on any atom is 0.243 e. The fraction of sp³-hybridized carbons (Fsp3) is 0.375. The predicted octanol–water partition coefficient (Wildman–Crippen LogP) is 5.65. The van der Waals surface area contributed by atoms with Crippen LogP contribution in [-0.2, 0) is 4.79 Å². The second-order valence-corrected chi connectivity index (χ2v) is 6.82. The number of ether oxygens (including phenoxy) is 2. The number of anilines is 2. The molecule has 0 fully saturated rings. The topological polar surface area (TPSA) is 59.6 Å². The van der Waals surface area contributed by atoms with E-state index < -0.39 is 0 Å². The van der Waals surface area contributed by atoms with E-state index in [9.17, 15) is 4.79 Å². The van der Waals surface area contributed by atoms with Crippen molar-refractivity contribution in [3.05, 3.63) is 61.2 Å². The second-order valence-electron chi connectivity index (χ2n) is 6.82. The third-order valence-corrected chi connectivity index (χ3v) is 4.31. The van der Waals surface area contributed by atoms with Crippen LogP contribution in [-0.4, -0.2) is 25.7 Å². The van der Waals surface area contributed by atoms with Gasteiger partial charge in [0.1, 0.15) is 18.1 Å². The molecule has 2 aromatic rings. The van der Waals surface area contributed by atoms with Crippen molar-refractivity contribution in [2.75, 3.05) is 30.4 Å². The summed E-state index contributed by atoms with van der Waals surface area (Å²) in [6.45, 7) is 7.18. The van der Waals surface area contributed by atoms with Crippen molar-refractivity contribution < 1.29 is 14.3 Å². The van der Waals surface area contributed by atoms with E-state index in [-0.39, 0.29) is 12.5 Å². The molecule has 5 heteroatoms. The Balaban J connectivity index is 1.71. The first-order chi connectivity index (χ1) is 14.2. The van der Waals surface area contributed by atoms with E-state index in [1.54, 1.807) is 6.08 Å². The first kappa shape index (κ1) is 22.3. The Hall–Kier alpha value is -2.95. The molecule has 0 saturated heterocycles. The Bertz CT molecular complexity index is 744. The summed E-state index contributed by atoms with van der Waals surface area (Å²) < 4.78 is 11.2. The molecule has 1 amide bonds. The summed E-state index contributed by atoms with van der Waals surface area (Å²) in [4.78, 5) is 12.2. The fourth-order valence-corrected chi connectivity index (χ4v) is 2.77. The monoisotopic (exact) mass is 396 g/mol. The van der Waals surface area contributed by atoms with Gasteiger partial charge < -0.3 is 20.1 Å². The van der Waals surface area contributed by atoms with Gasteiger partial charge in [0.2, 0.25) is 5.91 Å². The van der Waals surface area contributed by atoms with Gasteiger partial charge in [-0.05, 0) is 42.8 Å². The summed E-state index contributed by atoms with van der Waals surface area (Å²) in [5.41, 5.74) is 1.58. The summed E-state index contributed by atoms with van der Waals surface area (Å²) in [5, 5.41) is 6.00. The number of carbonyl (C=O) groups excluding carboxylic acids is 1. The SMILES string of the molecule is C=CCOc1ccc(NC(=O)CNc2cccc(OCCCCCCC)c2)cc1. The molecule has 2 N–H and O–H groups in total. The molecule has 0 aliphatic heterocycles. The van der Waals surface area contributed by atoms with Gasteiger partial charge in [0.15, 0.2) is 0 Å². The molecule has 5 nitrogen and oxygen atoms in total. The molecule has 0 radical (unpaired) electrons. The Kier molecular flexibility index (Phi) is 10.2. The third kappa shape index (κ3) is 9.19. The number of unbranched alkanes of at least 4 members (excludes halogenated alkanes) is 4. The van der Waals surface area contributed by atoms with Crippen LogP contribution in [0.5, 0.6) is 11.5 Å². The highest BCUT2D eigenvalue weighted by atomic mass is 16.5. The number of hydrogen-bond donors (Lipinski definition) is 2. The summed E-state index contributed by atoms with van der Waals surface area (Å²) in [5.74, 6) is 1.44. The van der Waals surface area contributed by atoms with Crippen molar-refractivity contribution in [3.63, 3.8) is 0 Å². The molecule has 2 rings (SSSR count). The minimum Gasteiger partial charge on any atom is -0.494 e. The number of nitrogens with one attached hydrogen (secondary N) is 2. The van der Waals surface area contributed by atoms with E-state index in [1.807, 2.05) is 48.5 Å². The van der Waals surface area contributed by atoms with Gasteiger partial charge in [0, 0.05) is 17.4 Å². The predicted molar refractivity (Wildman–Crippen MR) is 120 cm³/mol. The van der Waals surface area contributed by atoms with E-state index in [0.29, 0.717) is 6.61 Å². The van der Waals surface area contributed by atoms with Gasteiger partial charge in [0.05, 0.1) is 13.2 Å². The smallest absolute Gasteiger partial charge is 0.243 e. The number of amides is 1. The Morgan fingerprint density at radius 3 is 2.52 bits per heavy atom. The molecular weight excluding hydrogens is 364 g/mol. The van der Waals surface area contributed by atoms with Crippen molar-refractivity contribution in [2.45, 2.75) is 39.0 Å². The molecule has 0 spiro atoms. The zero-order chi connectivity index (χ0) is 20.7. The standard InChI is InChI=1S/C24H32N2O3/c1-3-5-6-7-8-17-29-23-11-9-10-21(18-23)25-19-24(27)26-20-12-14-22(15-13-20)28-16-4-2/h4,9-15,18,25H,2-3,5-8,16-17,19H2,1H3,(H,26,27). The van der Waals surface area contributed by atoms with Crippen LogP contribution in [0.3, 0.4) is 0 Å². The normalized spacial score (nSPS) is 10.2. The molecule has 0 unspecified atom stereocenters. The second kappa shape index (κ2) is 13.3. The fourth-order valence-electron chi connectivity index (χ4n) is 2.77. The average Bonchev–Trinajstić information content (AvgIpc) is 2.74. The van der Waals surface area contributed by atoms with Crippen molar-refractivity contribution in [3.8, 4) is 11.5 Å². The minimum absolute atomic E-state index is 0.119. The Morgan fingerprint density at radius 2 is 1.76 bits per heavy atom. The van der Waals surface area contributed by atoms with Gasteiger partial charge >= 0.3 is 0 Å². The summed E-state index contributed by atoms with van der Waals surface area (Å²) in [7, 11) is 0. The highest BCUT2D eigenvalue weighted by Crippen LogP contribution is 2.18. The molecule has 2 aromatic carbocycles. The molecule has 0 saturated carbocycles. The van der Waals surface area contributed by atoms with Crippen molar-refractivity contribution in [1.82, 2.24) is 0 Å². The maximum atomic E-state index is 12.2. The molecule has 0 bridgehead atoms. The molecule has 156 valence electrons. The van der Waals surface area contributed by atoms with Crippen LogP contribution in [0.2, 0.25) is 0 Å². The molecular formula is C24H32N2O3. The molecule has 29 heavy (non-hydrogen) atoms. The highest BCUT2D eigenvalue weighted by molar-refractivity contribution is 5.93. The highest BCUT2D eigenvalue weighted by Gasteiger charge is 2.04. The van der Waals surface area contributed by atoms with Gasteiger partial charge in [-0.2, -0.15) is 0 Å². The van der Waals surface area contributed by atoms with E-state index in [0.717, 1.165) is 35.9 Å². The van der Waals surface area contributed by atoms with E-state index in [1.165, 1.54) is 25.7 Å². The number of rotatable bonds is 14. The van der Waals surface area contributed by atoms with Crippen molar-refractivity contribution in [2.24, 2.45) is 0 Å².